The number of nitrogens with zero attached hydrogens (tertiary/aromatic N) is 2. The molecule has 0 bridgehead atoms. The van der Waals surface area contributed by atoms with E-state index in [9.17, 15) is 9.90 Å². The fourth-order valence-corrected chi connectivity index (χ4v) is 2.82. The molecule has 1 unspecified atom stereocenters. The van der Waals surface area contributed by atoms with Gasteiger partial charge in [-0.05, 0) is 53.9 Å². The number of carboxylic acid groups (broad SMARTS) is 1. The van der Waals surface area contributed by atoms with Crippen LogP contribution < -0.4 is 4.90 Å². The van der Waals surface area contributed by atoms with Gasteiger partial charge in [-0.1, -0.05) is 0 Å². The second kappa shape index (κ2) is 4.62. The standard InChI is InChI=1S/C13H13BrN2O2/c1-13(12(17)18)5-2-6-16(13)10-4-3-9(8-15)11(14)7-10/h3-4,7H,2,5-6H2,1H3,(H,17,18). The van der Waals surface area contributed by atoms with Crippen molar-refractivity contribution >= 4 is 27.6 Å². The maximum Gasteiger partial charge on any atom is 0.329 e. The van der Waals surface area contributed by atoms with Crippen molar-refractivity contribution < 1.29 is 9.90 Å². The molecule has 1 saturated heterocycles. The molecule has 0 amide bonds. The Bertz CT molecular complexity index is 538. The van der Waals surface area contributed by atoms with E-state index in [0.29, 0.717) is 16.5 Å². The molecule has 2 rings (SSSR count). The highest BCUT2D eigenvalue weighted by Crippen LogP contribution is 2.35. The Morgan fingerprint density at radius 3 is 2.89 bits per heavy atom. The van der Waals surface area contributed by atoms with E-state index in [1.165, 1.54) is 0 Å². The molecule has 18 heavy (non-hydrogen) atoms. The van der Waals surface area contributed by atoms with Crippen LogP contribution in [0.1, 0.15) is 25.3 Å². The van der Waals surface area contributed by atoms with Crippen LogP contribution in [0.3, 0.4) is 0 Å². The number of anilines is 1. The first kappa shape index (κ1) is 12.9. The first-order valence-electron chi connectivity index (χ1n) is 5.70. The highest BCUT2D eigenvalue weighted by Gasteiger charge is 2.43. The molecule has 1 aliphatic heterocycles. The van der Waals surface area contributed by atoms with E-state index in [-0.39, 0.29) is 0 Å². The number of halogens is 1. The minimum absolute atomic E-state index is 0.551. The summed E-state index contributed by atoms with van der Waals surface area (Å²) in [6.07, 6.45) is 1.50. The SMILES string of the molecule is CC1(C(=O)O)CCCN1c1ccc(C#N)c(Br)c1. The zero-order valence-electron chi connectivity index (χ0n) is 9.98. The smallest absolute Gasteiger partial charge is 0.329 e. The lowest BCUT2D eigenvalue weighted by Crippen LogP contribution is -2.48. The molecule has 94 valence electrons. The van der Waals surface area contributed by atoms with Gasteiger partial charge in [0.15, 0.2) is 0 Å². The molecule has 1 aliphatic rings. The van der Waals surface area contributed by atoms with Crippen LogP contribution in [0.2, 0.25) is 0 Å². The van der Waals surface area contributed by atoms with Crippen molar-refractivity contribution in [1.82, 2.24) is 0 Å². The van der Waals surface area contributed by atoms with Gasteiger partial charge in [0.25, 0.3) is 0 Å². The first-order chi connectivity index (χ1) is 8.49. The lowest BCUT2D eigenvalue weighted by Gasteiger charge is -2.33. The average molecular weight is 309 g/mol. The second-order valence-corrected chi connectivity index (χ2v) is 5.46. The Hall–Kier alpha value is -1.54. The molecule has 0 spiro atoms. The molecule has 0 aromatic heterocycles. The molecule has 1 atom stereocenters. The van der Waals surface area contributed by atoms with Gasteiger partial charge in [-0.15, -0.1) is 0 Å². The Balaban J connectivity index is 2.40. The summed E-state index contributed by atoms with van der Waals surface area (Å²) in [4.78, 5) is 13.3. The van der Waals surface area contributed by atoms with Gasteiger partial charge in [0.05, 0.1) is 5.56 Å². The fraction of sp³-hybridized carbons (Fsp3) is 0.385. The molecule has 1 aromatic carbocycles. The summed E-state index contributed by atoms with van der Waals surface area (Å²) >= 11 is 3.33. The summed E-state index contributed by atoms with van der Waals surface area (Å²) in [6.45, 7) is 2.47. The van der Waals surface area contributed by atoms with Crippen LogP contribution in [-0.2, 0) is 4.79 Å². The number of nitriles is 1. The molecule has 5 heteroatoms. The summed E-state index contributed by atoms with van der Waals surface area (Å²) < 4.78 is 0.696. The van der Waals surface area contributed by atoms with E-state index < -0.39 is 11.5 Å². The number of hydrogen-bond acceptors (Lipinski definition) is 3. The highest BCUT2D eigenvalue weighted by atomic mass is 79.9. The molecule has 1 aromatic rings. The quantitative estimate of drug-likeness (QED) is 0.912. The summed E-state index contributed by atoms with van der Waals surface area (Å²) in [7, 11) is 0. The fourth-order valence-electron chi connectivity index (χ4n) is 2.36. The predicted octanol–water partition coefficient (Wildman–Crippen LogP) is 2.76. The monoisotopic (exact) mass is 308 g/mol. The maximum atomic E-state index is 11.4. The Morgan fingerprint density at radius 2 is 2.33 bits per heavy atom. The van der Waals surface area contributed by atoms with E-state index >= 15 is 0 Å². The number of carboxylic acids is 1. The van der Waals surface area contributed by atoms with Crippen LogP contribution in [0.4, 0.5) is 5.69 Å². The van der Waals surface area contributed by atoms with Gasteiger partial charge in [-0.25, -0.2) is 4.79 Å². The summed E-state index contributed by atoms with van der Waals surface area (Å²) in [5.41, 5.74) is 0.534. The number of aliphatic carboxylic acids is 1. The molecule has 0 aliphatic carbocycles. The van der Waals surface area contributed by atoms with Crippen molar-refractivity contribution in [3.63, 3.8) is 0 Å². The lowest BCUT2D eigenvalue weighted by molar-refractivity contribution is -0.142. The minimum Gasteiger partial charge on any atom is -0.480 e. The molecule has 4 nitrogen and oxygen atoms in total. The minimum atomic E-state index is -0.854. The van der Waals surface area contributed by atoms with Crippen LogP contribution in [0, 0.1) is 11.3 Å². The third-order valence-corrected chi connectivity index (χ3v) is 4.14. The van der Waals surface area contributed by atoms with E-state index in [1.54, 1.807) is 19.1 Å². The third kappa shape index (κ3) is 1.97. The van der Waals surface area contributed by atoms with Crippen molar-refractivity contribution in [2.45, 2.75) is 25.3 Å². The van der Waals surface area contributed by atoms with E-state index in [4.69, 9.17) is 5.26 Å². The largest absolute Gasteiger partial charge is 0.480 e. The lowest BCUT2D eigenvalue weighted by atomic mass is 9.98. The van der Waals surface area contributed by atoms with Crippen molar-refractivity contribution in [2.75, 3.05) is 11.4 Å². The van der Waals surface area contributed by atoms with E-state index in [1.807, 2.05) is 11.0 Å². The van der Waals surface area contributed by atoms with Crippen LogP contribution in [0.5, 0.6) is 0 Å². The van der Waals surface area contributed by atoms with Gasteiger partial charge in [0.2, 0.25) is 0 Å². The zero-order valence-corrected chi connectivity index (χ0v) is 11.6. The normalized spacial score (nSPS) is 22.8. The number of benzene rings is 1. The van der Waals surface area contributed by atoms with Crippen LogP contribution in [-0.4, -0.2) is 23.2 Å². The van der Waals surface area contributed by atoms with E-state index in [2.05, 4.69) is 22.0 Å². The van der Waals surface area contributed by atoms with Crippen molar-refractivity contribution in [3.05, 3.63) is 28.2 Å². The number of rotatable bonds is 2. The second-order valence-electron chi connectivity index (χ2n) is 4.61. The average Bonchev–Trinajstić information content (AvgIpc) is 2.72. The topological polar surface area (TPSA) is 64.3 Å². The van der Waals surface area contributed by atoms with Crippen LogP contribution >= 0.6 is 15.9 Å². The molecule has 1 N–H and O–H groups in total. The summed E-state index contributed by atoms with van der Waals surface area (Å²) in [5.74, 6) is -0.805. The maximum absolute atomic E-state index is 11.4. The van der Waals surface area contributed by atoms with Crippen molar-refractivity contribution in [3.8, 4) is 6.07 Å². The van der Waals surface area contributed by atoms with E-state index in [0.717, 1.165) is 18.7 Å². The van der Waals surface area contributed by atoms with Gasteiger partial charge in [0, 0.05) is 16.7 Å². The number of carbonyl (C=O) groups is 1. The van der Waals surface area contributed by atoms with Crippen LogP contribution in [0.25, 0.3) is 0 Å². The molecular formula is C13H13BrN2O2. The number of hydrogen-bond donors (Lipinski definition) is 1. The molecule has 1 fully saturated rings. The highest BCUT2D eigenvalue weighted by molar-refractivity contribution is 9.10. The summed E-state index contributed by atoms with van der Waals surface area (Å²) in [6, 6.07) is 7.40. The molecule has 0 radical (unpaired) electrons. The Morgan fingerprint density at radius 1 is 1.61 bits per heavy atom. The Labute approximate surface area is 114 Å². The Kier molecular flexibility index (Phi) is 3.31. The van der Waals surface area contributed by atoms with Gasteiger partial charge < -0.3 is 10.0 Å². The first-order valence-corrected chi connectivity index (χ1v) is 6.49. The molecule has 0 saturated carbocycles. The van der Waals surface area contributed by atoms with Crippen LogP contribution in [0.15, 0.2) is 22.7 Å². The predicted molar refractivity (Wildman–Crippen MR) is 71.5 cm³/mol. The van der Waals surface area contributed by atoms with Gasteiger partial charge in [0.1, 0.15) is 11.6 Å². The van der Waals surface area contributed by atoms with Crippen molar-refractivity contribution in [2.24, 2.45) is 0 Å². The summed E-state index contributed by atoms with van der Waals surface area (Å²) in [5, 5.41) is 18.2. The molecule has 1 heterocycles. The van der Waals surface area contributed by atoms with Gasteiger partial charge >= 0.3 is 5.97 Å². The zero-order chi connectivity index (χ0) is 13.3. The molecular weight excluding hydrogens is 296 g/mol. The van der Waals surface area contributed by atoms with Gasteiger partial charge in [-0.3, -0.25) is 0 Å². The van der Waals surface area contributed by atoms with Crippen molar-refractivity contribution in [1.29, 1.82) is 5.26 Å². The third-order valence-electron chi connectivity index (χ3n) is 3.49. The van der Waals surface area contributed by atoms with Gasteiger partial charge in [-0.2, -0.15) is 5.26 Å².